The SMILES string of the molecule is CC(C)(C)OC(=O)C1C[N+](Cc2ccccc2)(C(c2ccccc2)c2ccccc2)C1. The Balaban J connectivity index is 1.72. The number of likely N-dealkylation sites (tertiary alicyclic amines) is 1. The van der Waals surface area contributed by atoms with Gasteiger partial charge in [0.05, 0.1) is 13.1 Å². The molecule has 0 amide bonds. The maximum Gasteiger partial charge on any atom is 0.321 e. The minimum absolute atomic E-state index is 0.0714. The zero-order valence-electron chi connectivity index (χ0n) is 18.7. The Morgan fingerprint density at radius 3 is 1.74 bits per heavy atom. The fraction of sp³-hybridized carbons (Fsp3) is 0.321. The molecule has 0 aliphatic carbocycles. The molecule has 1 fully saturated rings. The van der Waals surface area contributed by atoms with Crippen molar-refractivity contribution in [3.8, 4) is 0 Å². The van der Waals surface area contributed by atoms with E-state index in [-0.39, 0.29) is 17.9 Å². The molecule has 31 heavy (non-hydrogen) atoms. The molecular formula is C28H32NO2+. The monoisotopic (exact) mass is 414 g/mol. The van der Waals surface area contributed by atoms with Gasteiger partial charge in [0.25, 0.3) is 0 Å². The molecule has 0 N–H and O–H groups in total. The number of quaternary nitrogens is 1. The second kappa shape index (κ2) is 8.68. The van der Waals surface area contributed by atoms with Gasteiger partial charge in [-0.15, -0.1) is 0 Å². The van der Waals surface area contributed by atoms with Crippen LogP contribution in [0.1, 0.15) is 43.5 Å². The van der Waals surface area contributed by atoms with Gasteiger partial charge in [-0.3, -0.25) is 4.79 Å². The molecule has 160 valence electrons. The molecule has 0 saturated carbocycles. The third-order valence-electron chi connectivity index (χ3n) is 6.03. The van der Waals surface area contributed by atoms with Gasteiger partial charge in [-0.1, -0.05) is 91.0 Å². The second-order valence-corrected chi connectivity index (χ2v) is 9.68. The van der Waals surface area contributed by atoms with E-state index in [1.165, 1.54) is 16.7 Å². The van der Waals surface area contributed by atoms with Crippen molar-refractivity contribution in [1.29, 1.82) is 0 Å². The molecule has 4 rings (SSSR count). The van der Waals surface area contributed by atoms with Crippen molar-refractivity contribution in [1.82, 2.24) is 0 Å². The summed E-state index contributed by atoms with van der Waals surface area (Å²) in [5.41, 5.74) is 3.40. The highest BCUT2D eigenvalue weighted by Gasteiger charge is 2.54. The average Bonchev–Trinajstić information content (AvgIpc) is 2.72. The fourth-order valence-corrected chi connectivity index (χ4v) is 4.83. The Morgan fingerprint density at radius 2 is 1.29 bits per heavy atom. The van der Waals surface area contributed by atoms with Crippen molar-refractivity contribution in [2.45, 2.75) is 39.0 Å². The number of hydrogen-bond acceptors (Lipinski definition) is 2. The third kappa shape index (κ3) is 4.88. The van der Waals surface area contributed by atoms with Crippen LogP contribution in [0.4, 0.5) is 0 Å². The quantitative estimate of drug-likeness (QED) is 0.378. The standard InChI is InChI=1S/C28H32NO2/c1-28(2,3)31-27(30)25-20-29(21-25,19-22-13-7-4-8-14-22)26(23-15-9-5-10-16-23)24-17-11-6-12-18-24/h4-18,25-26H,19-21H2,1-3H3/q+1. The summed E-state index contributed by atoms with van der Waals surface area (Å²) < 4.78 is 6.55. The van der Waals surface area contributed by atoms with Crippen LogP contribution in [-0.2, 0) is 16.1 Å². The van der Waals surface area contributed by atoms with Crippen LogP contribution in [-0.4, -0.2) is 29.1 Å². The number of nitrogens with zero attached hydrogens (tertiary/aromatic N) is 1. The fourth-order valence-electron chi connectivity index (χ4n) is 4.83. The molecule has 0 bridgehead atoms. The maximum absolute atomic E-state index is 12.8. The van der Waals surface area contributed by atoms with Crippen LogP contribution >= 0.6 is 0 Å². The second-order valence-electron chi connectivity index (χ2n) is 9.68. The highest BCUT2D eigenvalue weighted by Crippen LogP contribution is 2.44. The predicted molar refractivity (Wildman–Crippen MR) is 124 cm³/mol. The molecule has 1 aliphatic heterocycles. The van der Waals surface area contributed by atoms with E-state index in [9.17, 15) is 4.79 Å². The van der Waals surface area contributed by atoms with Crippen LogP contribution in [0.25, 0.3) is 0 Å². The van der Waals surface area contributed by atoms with Crippen LogP contribution in [0.15, 0.2) is 91.0 Å². The van der Waals surface area contributed by atoms with Crippen molar-refractivity contribution in [2.24, 2.45) is 5.92 Å². The van der Waals surface area contributed by atoms with Crippen molar-refractivity contribution in [3.63, 3.8) is 0 Å². The van der Waals surface area contributed by atoms with E-state index in [4.69, 9.17) is 4.74 Å². The average molecular weight is 415 g/mol. The number of rotatable bonds is 6. The zero-order chi connectivity index (χ0) is 21.9. The molecule has 0 atom stereocenters. The summed E-state index contributed by atoms with van der Waals surface area (Å²) in [5, 5.41) is 0. The highest BCUT2D eigenvalue weighted by molar-refractivity contribution is 5.74. The summed E-state index contributed by atoms with van der Waals surface area (Å²) in [7, 11) is 0. The highest BCUT2D eigenvalue weighted by atomic mass is 16.6. The van der Waals surface area contributed by atoms with Crippen molar-refractivity contribution < 1.29 is 14.0 Å². The lowest BCUT2D eigenvalue weighted by atomic mass is 9.85. The number of hydrogen-bond donors (Lipinski definition) is 0. The molecule has 0 spiro atoms. The van der Waals surface area contributed by atoms with E-state index in [1.807, 2.05) is 20.8 Å². The van der Waals surface area contributed by atoms with Gasteiger partial charge < -0.3 is 9.22 Å². The Bertz CT molecular complexity index is 948. The lowest BCUT2D eigenvalue weighted by molar-refractivity contribution is -1.00. The Labute approximate surface area is 185 Å². The van der Waals surface area contributed by atoms with Gasteiger partial charge >= 0.3 is 5.97 Å². The minimum atomic E-state index is -0.458. The number of benzene rings is 3. The first-order valence-electron chi connectivity index (χ1n) is 11.1. The lowest BCUT2D eigenvalue weighted by Crippen LogP contribution is -2.66. The number of ether oxygens (including phenoxy) is 1. The number of carbonyl (C=O) groups is 1. The smallest absolute Gasteiger partial charge is 0.321 e. The molecule has 3 nitrogen and oxygen atoms in total. The van der Waals surface area contributed by atoms with Crippen molar-refractivity contribution in [3.05, 3.63) is 108 Å². The van der Waals surface area contributed by atoms with E-state index in [1.54, 1.807) is 0 Å². The molecule has 1 aliphatic rings. The van der Waals surface area contributed by atoms with Crippen LogP contribution < -0.4 is 0 Å². The summed E-state index contributed by atoms with van der Waals surface area (Å²) in [6, 6.07) is 32.2. The minimum Gasteiger partial charge on any atom is -0.459 e. The predicted octanol–water partition coefficient (Wildman–Crippen LogP) is 5.76. The topological polar surface area (TPSA) is 26.3 Å². The van der Waals surface area contributed by atoms with E-state index in [0.29, 0.717) is 0 Å². The van der Waals surface area contributed by atoms with Gasteiger partial charge in [0.2, 0.25) is 0 Å². The molecule has 0 radical (unpaired) electrons. The molecule has 3 aromatic carbocycles. The lowest BCUT2D eigenvalue weighted by Gasteiger charge is -2.54. The molecule has 0 aromatic heterocycles. The van der Waals surface area contributed by atoms with Crippen molar-refractivity contribution in [2.75, 3.05) is 13.1 Å². The Hall–Kier alpha value is -2.91. The summed E-state index contributed by atoms with van der Waals surface area (Å²) in [6.07, 6.45) is 0. The third-order valence-corrected chi connectivity index (χ3v) is 6.03. The van der Waals surface area contributed by atoms with Crippen LogP contribution in [0, 0.1) is 5.92 Å². The zero-order valence-corrected chi connectivity index (χ0v) is 18.7. The van der Waals surface area contributed by atoms with Gasteiger partial charge in [0.15, 0.2) is 5.92 Å². The van der Waals surface area contributed by atoms with Crippen LogP contribution in [0.3, 0.4) is 0 Å². The summed E-state index contributed by atoms with van der Waals surface area (Å²) in [5.74, 6) is -0.146. The number of carbonyl (C=O) groups excluding carboxylic acids is 1. The molecule has 0 unspecified atom stereocenters. The van der Waals surface area contributed by atoms with Crippen LogP contribution in [0.2, 0.25) is 0 Å². The van der Waals surface area contributed by atoms with E-state index in [0.717, 1.165) is 24.1 Å². The van der Waals surface area contributed by atoms with Crippen LogP contribution in [0.5, 0.6) is 0 Å². The van der Waals surface area contributed by atoms with E-state index >= 15 is 0 Å². The summed E-state index contributed by atoms with van der Waals surface area (Å²) in [4.78, 5) is 12.8. The van der Waals surface area contributed by atoms with E-state index in [2.05, 4.69) is 91.0 Å². The Kier molecular flexibility index (Phi) is 5.97. The summed E-state index contributed by atoms with van der Waals surface area (Å²) >= 11 is 0. The Morgan fingerprint density at radius 1 is 0.839 bits per heavy atom. The first kappa shape index (κ1) is 21.3. The first-order valence-corrected chi connectivity index (χ1v) is 11.1. The largest absolute Gasteiger partial charge is 0.459 e. The van der Waals surface area contributed by atoms with Crippen molar-refractivity contribution >= 4 is 5.97 Å². The van der Waals surface area contributed by atoms with E-state index < -0.39 is 5.60 Å². The normalized spacial score (nSPS) is 20.8. The molecule has 3 heteroatoms. The molecular weight excluding hydrogens is 382 g/mol. The molecule has 1 saturated heterocycles. The van der Waals surface area contributed by atoms with Gasteiger partial charge in [-0.05, 0) is 20.8 Å². The van der Waals surface area contributed by atoms with Gasteiger partial charge in [-0.2, -0.15) is 0 Å². The summed E-state index contributed by atoms with van der Waals surface area (Å²) in [6.45, 7) is 8.25. The molecule has 1 heterocycles. The molecule has 3 aromatic rings. The van der Waals surface area contributed by atoms with Gasteiger partial charge in [-0.25, -0.2) is 0 Å². The van der Waals surface area contributed by atoms with Gasteiger partial charge in [0.1, 0.15) is 18.2 Å². The van der Waals surface area contributed by atoms with Gasteiger partial charge in [0, 0.05) is 16.7 Å². The number of esters is 1. The maximum atomic E-state index is 12.8. The first-order chi connectivity index (χ1) is 14.9.